The van der Waals surface area contributed by atoms with Crippen molar-refractivity contribution in [3.8, 4) is 0 Å². The van der Waals surface area contributed by atoms with Crippen LogP contribution in [0.2, 0.25) is 0 Å². The van der Waals surface area contributed by atoms with E-state index in [1.54, 1.807) is 0 Å². The number of hydrogen-bond donors (Lipinski definition) is 2. The molecule has 2 aliphatic rings. The number of morpholine rings is 1. The van der Waals surface area contributed by atoms with Gasteiger partial charge in [0.05, 0.1) is 18.3 Å². The zero-order valence-electron chi connectivity index (χ0n) is 13.0. The maximum Gasteiger partial charge on any atom is 0.132 e. The lowest BCUT2D eigenvalue weighted by Gasteiger charge is -2.35. The Morgan fingerprint density at radius 1 is 1.45 bits per heavy atom. The van der Waals surface area contributed by atoms with Crippen LogP contribution in [0.1, 0.15) is 44.3 Å². The first kappa shape index (κ1) is 16.4. The van der Waals surface area contributed by atoms with Crippen molar-refractivity contribution >= 4 is 28.7 Å². The lowest BCUT2D eigenvalue weighted by atomic mass is 9.83. The molecule has 1 unspecified atom stereocenters. The Balaban J connectivity index is 1.69. The third-order valence-corrected chi connectivity index (χ3v) is 5.48. The molecule has 1 aliphatic heterocycles. The monoisotopic (exact) mass is 417 g/mol. The number of nitrogens with zero attached hydrogens (tertiary/aromatic N) is 2. The van der Waals surface area contributed by atoms with Gasteiger partial charge in [-0.25, -0.2) is 8.10 Å². The number of halogens is 1. The van der Waals surface area contributed by atoms with Gasteiger partial charge in [-0.05, 0) is 38.7 Å². The van der Waals surface area contributed by atoms with E-state index in [-0.39, 0.29) is 6.10 Å². The van der Waals surface area contributed by atoms with Gasteiger partial charge in [0.2, 0.25) is 0 Å². The summed E-state index contributed by atoms with van der Waals surface area (Å²) in [6.07, 6.45) is 5.55. The second-order valence-corrected chi connectivity index (χ2v) is 7.95. The Morgan fingerprint density at radius 3 is 2.95 bits per heavy atom. The van der Waals surface area contributed by atoms with Gasteiger partial charge in [-0.3, -0.25) is 0 Å². The highest BCUT2D eigenvalue weighted by Gasteiger charge is 2.30. The van der Waals surface area contributed by atoms with Crippen molar-refractivity contribution in [2.45, 2.75) is 50.4 Å². The summed E-state index contributed by atoms with van der Waals surface area (Å²) in [7, 11) is 0. The molecule has 0 spiro atoms. The third-order valence-electron chi connectivity index (χ3n) is 4.61. The van der Waals surface area contributed by atoms with Gasteiger partial charge < -0.3 is 15.2 Å². The summed E-state index contributed by atoms with van der Waals surface area (Å²) in [6, 6.07) is 4.46. The van der Waals surface area contributed by atoms with E-state index in [4.69, 9.17) is 4.74 Å². The zero-order chi connectivity index (χ0) is 15.6. The van der Waals surface area contributed by atoms with Crippen molar-refractivity contribution in [3.05, 3.63) is 23.9 Å². The number of aliphatic hydroxyl groups is 1. The zero-order valence-corrected chi connectivity index (χ0v) is 15.1. The largest absolute Gasteiger partial charge is 0.390 e. The number of ether oxygens (including phenoxy) is 1. The first-order chi connectivity index (χ1) is 10.5. The fraction of sp³-hybridized carbons (Fsp3) is 0.688. The second kappa shape index (κ2) is 6.98. The van der Waals surface area contributed by atoms with Crippen LogP contribution in [0.5, 0.6) is 0 Å². The van der Waals surface area contributed by atoms with Crippen LogP contribution in [0.15, 0.2) is 18.3 Å². The van der Waals surface area contributed by atoms with Crippen LogP contribution >= 0.6 is 22.9 Å². The molecule has 0 amide bonds. The van der Waals surface area contributed by atoms with Gasteiger partial charge in [-0.15, -0.1) is 0 Å². The lowest BCUT2D eigenvalue weighted by Crippen LogP contribution is -2.36. The number of aromatic nitrogens is 1. The van der Waals surface area contributed by atoms with E-state index in [1.807, 2.05) is 19.2 Å². The molecule has 0 radical (unpaired) electrons. The second-order valence-electron chi connectivity index (χ2n) is 6.59. The molecule has 6 heteroatoms. The predicted molar refractivity (Wildman–Crippen MR) is 95.0 cm³/mol. The first-order valence-electron chi connectivity index (χ1n) is 8.00. The van der Waals surface area contributed by atoms with Gasteiger partial charge in [-0.1, -0.05) is 6.07 Å². The molecule has 1 aliphatic carbocycles. The van der Waals surface area contributed by atoms with Crippen molar-refractivity contribution in [3.63, 3.8) is 0 Å². The molecule has 22 heavy (non-hydrogen) atoms. The Bertz CT molecular complexity index is 502. The fourth-order valence-corrected chi connectivity index (χ4v) is 3.74. The van der Waals surface area contributed by atoms with Crippen LogP contribution in [0.3, 0.4) is 0 Å². The maximum absolute atomic E-state index is 10.1. The van der Waals surface area contributed by atoms with Crippen LogP contribution in [0.4, 0.5) is 5.82 Å². The molecule has 2 heterocycles. The highest BCUT2D eigenvalue weighted by molar-refractivity contribution is 14.1. The van der Waals surface area contributed by atoms with E-state index in [1.165, 1.54) is 0 Å². The van der Waals surface area contributed by atoms with Crippen molar-refractivity contribution in [2.24, 2.45) is 0 Å². The van der Waals surface area contributed by atoms with E-state index < -0.39 is 5.60 Å². The molecule has 5 nitrogen and oxygen atoms in total. The van der Waals surface area contributed by atoms with Crippen molar-refractivity contribution in [1.29, 1.82) is 0 Å². The quantitative estimate of drug-likeness (QED) is 0.585. The SMILES string of the molecule is CC1(O)CCC(Nc2ncccc2C2CN(I)CCO2)CC1. The normalized spacial score (nSPS) is 33.6. The minimum absolute atomic E-state index is 0.0774. The molecule has 1 aromatic rings. The summed E-state index contributed by atoms with van der Waals surface area (Å²) in [4.78, 5) is 4.53. The highest BCUT2D eigenvalue weighted by atomic mass is 127. The molecule has 3 rings (SSSR count). The van der Waals surface area contributed by atoms with Crippen molar-refractivity contribution in [2.75, 3.05) is 25.0 Å². The smallest absolute Gasteiger partial charge is 0.132 e. The fourth-order valence-electron chi connectivity index (χ4n) is 3.18. The molecule has 0 aromatic carbocycles. The first-order valence-corrected chi connectivity index (χ1v) is 8.96. The van der Waals surface area contributed by atoms with Crippen molar-refractivity contribution in [1.82, 2.24) is 8.10 Å². The highest BCUT2D eigenvalue weighted by Crippen LogP contribution is 2.32. The van der Waals surface area contributed by atoms with Gasteiger partial charge >= 0.3 is 0 Å². The van der Waals surface area contributed by atoms with E-state index in [0.717, 1.165) is 56.8 Å². The number of hydrogen-bond acceptors (Lipinski definition) is 5. The molecule has 1 saturated carbocycles. The summed E-state index contributed by atoms with van der Waals surface area (Å²) >= 11 is 2.35. The number of nitrogens with one attached hydrogen (secondary N) is 1. The molecule has 2 N–H and O–H groups in total. The van der Waals surface area contributed by atoms with Gasteiger partial charge in [0.1, 0.15) is 5.82 Å². The van der Waals surface area contributed by atoms with Crippen LogP contribution in [0, 0.1) is 0 Å². The predicted octanol–water partition coefficient (Wildman–Crippen LogP) is 2.91. The van der Waals surface area contributed by atoms with Crippen LogP contribution in [0.25, 0.3) is 0 Å². The minimum atomic E-state index is -0.501. The summed E-state index contributed by atoms with van der Waals surface area (Å²) in [5.41, 5.74) is 0.639. The minimum Gasteiger partial charge on any atom is -0.390 e. The van der Waals surface area contributed by atoms with E-state index in [0.29, 0.717) is 6.04 Å². The average Bonchev–Trinajstić information content (AvgIpc) is 2.50. The van der Waals surface area contributed by atoms with E-state index in [2.05, 4.69) is 42.3 Å². The number of pyridine rings is 1. The molecule has 1 atom stereocenters. The standard InChI is InChI=1S/C16H24IN3O2/c1-16(21)6-4-12(5-7-16)19-15-13(3-2-8-18-15)14-11-20(17)9-10-22-14/h2-3,8,12,14,21H,4-7,9-11H2,1H3,(H,18,19). The Hall–Kier alpha value is -0.440. The number of anilines is 1. The van der Waals surface area contributed by atoms with Crippen LogP contribution in [-0.4, -0.2) is 44.5 Å². The topological polar surface area (TPSA) is 57.6 Å². The number of rotatable bonds is 3. The molecule has 122 valence electrons. The maximum atomic E-state index is 10.1. The van der Waals surface area contributed by atoms with Crippen LogP contribution < -0.4 is 5.32 Å². The summed E-state index contributed by atoms with van der Waals surface area (Å²) < 4.78 is 8.20. The Labute approximate surface area is 145 Å². The van der Waals surface area contributed by atoms with E-state index in [9.17, 15) is 5.11 Å². The summed E-state index contributed by atoms with van der Waals surface area (Å²) in [5.74, 6) is 0.936. The van der Waals surface area contributed by atoms with Gasteiger partial charge in [0.25, 0.3) is 0 Å². The van der Waals surface area contributed by atoms with Crippen LogP contribution in [-0.2, 0) is 4.74 Å². The van der Waals surface area contributed by atoms with E-state index >= 15 is 0 Å². The molecule has 0 bridgehead atoms. The van der Waals surface area contributed by atoms with Gasteiger partial charge in [0.15, 0.2) is 0 Å². The van der Waals surface area contributed by atoms with Gasteiger partial charge in [-0.2, -0.15) is 0 Å². The molecule has 2 fully saturated rings. The molecule has 1 saturated heterocycles. The summed E-state index contributed by atoms with van der Waals surface area (Å²) in [5, 5.41) is 13.7. The molecular weight excluding hydrogens is 393 g/mol. The molecule has 1 aromatic heterocycles. The average molecular weight is 417 g/mol. The Kier molecular flexibility index (Phi) is 5.21. The third kappa shape index (κ3) is 4.10. The lowest BCUT2D eigenvalue weighted by molar-refractivity contribution is 0.00575. The van der Waals surface area contributed by atoms with Crippen molar-refractivity contribution < 1.29 is 9.84 Å². The summed E-state index contributed by atoms with van der Waals surface area (Å²) in [6.45, 7) is 4.55. The van der Waals surface area contributed by atoms with Gasteiger partial charge in [0, 0.05) is 53.8 Å². The molecular formula is C16H24IN3O2. The Morgan fingerprint density at radius 2 is 2.23 bits per heavy atom.